The van der Waals surface area contributed by atoms with Gasteiger partial charge in [0.25, 0.3) is 0 Å². The summed E-state index contributed by atoms with van der Waals surface area (Å²) in [6.45, 7) is 9.03. The van der Waals surface area contributed by atoms with E-state index in [-0.39, 0.29) is 11.8 Å². The first kappa shape index (κ1) is 24.2. The van der Waals surface area contributed by atoms with Crippen LogP contribution in [0.1, 0.15) is 12.5 Å². The van der Waals surface area contributed by atoms with Crippen molar-refractivity contribution in [2.45, 2.75) is 13.3 Å². The molecule has 4 heterocycles. The van der Waals surface area contributed by atoms with Crippen LogP contribution in [0.15, 0.2) is 67.4 Å². The summed E-state index contributed by atoms with van der Waals surface area (Å²) in [5.74, 6) is 0.0293. The quantitative estimate of drug-likeness (QED) is 0.367. The molecule has 6 rings (SSSR count). The number of anilines is 2. The average molecular weight is 526 g/mol. The van der Waals surface area contributed by atoms with Crippen LogP contribution in [0.4, 0.5) is 11.4 Å². The third-order valence-electron chi connectivity index (χ3n) is 7.60. The third-order valence-corrected chi connectivity index (χ3v) is 7.91. The largest absolute Gasteiger partial charge is 0.368 e. The Hall–Kier alpha value is -4.10. The highest BCUT2D eigenvalue weighted by Crippen LogP contribution is 2.43. The molecule has 2 aliphatic heterocycles. The number of fused-ring (bicyclic) bond motifs is 2. The van der Waals surface area contributed by atoms with Crippen molar-refractivity contribution < 1.29 is 9.59 Å². The van der Waals surface area contributed by atoms with Crippen LogP contribution in [0.25, 0.3) is 33.4 Å². The number of pyridine rings is 1. The summed E-state index contributed by atoms with van der Waals surface area (Å²) in [5, 5.41) is 1.47. The molecule has 2 aromatic heterocycles. The fraction of sp³-hybridized carbons (Fsp3) is 0.233. The van der Waals surface area contributed by atoms with Crippen molar-refractivity contribution in [2.24, 2.45) is 0 Å². The van der Waals surface area contributed by atoms with E-state index in [9.17, 15) is 9.59 Å². The van der Waals surface area contributed by atoms with Crippen LogP contribution < -0.4 is 9.80 Å². The highest BCUT2D eigenvalue weighted by atomic mass is 35.5. The van der Waals surface area contributed by atoms with Gasteiger partial charge in [0.05, 0.1) is 10.7 Å². The number of nitrogens with one attached hydrogen (secondary N) is 1. The Morgan fingerprint density at radius 1 is 1.00 bits per heavy atom. The minimum absolute atomic E-state index is 0.0977. The van der Waals surface area contributed by atoms with Gasteiger partial charge in [-0.1, -0.05) is 42.4 Å². The molecule has 0 saturated carbocycles. The van der Waals surface area contributed by atoms with Crippen molar-refractivity contribution in [1.29, 1.82) is 0 Å². The second-order valence-corrected chi connectivity index (χ2v) is 10.1. The first-order chi connectivity index (χ1) is 18.4. The number of amides is 2. The lowest BCUT2D eigenvalue weighted by atomic mass is 9.97. The summed E-state index contributed by atoms with van der Waals surface area (Å²) in [7, 11) is 0. The Morgan fingerprint density at radius 3 is 2.45 bits per heavy atom. The molecule has 0 radical (unpaired) electrons. The zero-order chi connectivity index (χ0) is 26.4. The van der Waals surface area contributed by atoms with Gasteiger partial charge >= 0.3 is 0 Å². The molecule has 8 heteroatoms. The van der Waals surface area contributed by atoms with Gasteiger partial charge in [0.2, 0.25) is 11.8 Å². The van der Waals surface area contributed by atoms with Gasteiger partial charge in [-0.2, -0.15) is 0 Å². The van der Waals surface area contributed by atoms with E-state index in [1.165, 1.54) is 6.08 Å². The van der Waals surface area contributed by atoms with Crippen molar-refractivity contribution in [3.05, 3.63) is 78.0 Å². The summed E-state index contributed by atoms with van der Waals surface area (Å²) < 4.78 is 0. The average Bonchev–Trinajstić information content (AvgIpc) is 3.55. The van der Waals surface area contributed by atoms with Crippen molar-refractivity contribution in [1.82, 2.24) is 14.9 Å². The van der Waals surface area contributed by atoms with Crippen LogP contribution in [0, 0.1) is 0 Å². The van der Waals surface area contributed by atoms with Crippen molar-refractivity contribution >= 4 is 45.8 Å². The van der Waals surface area contributed by atoms with Gasteiger partial charge in [-0.25, -0.2) is 4.98 Å². The first-order valence-corrected chi connectivity index (χ1v) is 13.2. The lowest BCUT2D eigenvalue weighted by Crippen LogP contribution is -2.48. The minimum atomic E-state index is -0.0977. The van der Waals surface area contributed by atoms with Crippen LogP contribution >= 0.6 is 11.6 Å². The van der Waals surface area contributed by atoms with E-state index in [0.717, 1.165) is 77.3 Å². The first-order valence-electron chi connectivity index (χ1n) is 12.8. The number of nitrogens with zero attached hydrogens (tertiary/aromatic N) is 4. The lowest BCUT2D eigenvalue weighted by Gasteiger charge is -2.35. The van der Waals surface area contributed by atoms with Crippen LogP contribution in [0.2, 0.25) is 5.02 Å². The third kappa shape index (κ3) is 4.13. The van der Waals surface area contributed by atoms with E-state index in [1.54, 1.807) is 24.1 Å². The predicted octanol–water partition coefficient (Wildman–Crippen LogP) is 5.29. The number of benzene rings is 2. The van der Waals surface area contributed by atoms with E-state index in [1.807, 2.05) is 4.90 Å². The van der Waals surface area contributed by atoms with E-state index in [2.05, 4.69) is 63.9 Å². The molecule has 192 valence electrons. The zero-order valence-corrected chi connectivity index (χ0v) is 22.0. The molecule has 2 amide bonds. The Bertz CT molecular complexity index is 1570. The predicted molar refractivity (Wildman–Crippen MR) is 153 cm³/mol. The van der Waals surface area contributed by atoms with E-state index >= 15 is 0 Å². The molecule has 2 aromatic carbocycles. The Morgan fingerprint density at radius 2 is 1.74 bits per heavy atom. The normalized spacial score (nSPS) is 15.2. The molecule has 1 saturated heterocycles. The summed E-state index contributed by atoms with van der Waals surface area (Å²) in [6, 6.07) is 16.5. The number of hydrogen-bond donors (Lipinski definition) is 1. The molecule has 0 spiro atoms. The highest BCUT2D eigenvalue weighted by Gasteiger charge is 2.26. The lowest BCUT2D eigenvalue weighted by molar-refractivity contribution is -0.129. The van der Waals surface area contributed by atoms with Crippen LogP contribution in [0.3, 0.4) is 0 Å². The van der Waals surface area contributed by atoms with E-state index in [4.69, 9.17) is 11.6 Å². The second-order valence-electron chi connectivity index (χ2n) is 9.72. The van der Waals surface area contributed by atoms with Crippen LogP contribution in [-0.2, 0) is 16.0 Å². The summed E-state index contributed by atoms with van der Waals surface area (Å²) in [4.78, 5) is 38.2. The number of carbonyl (C=O) groups excluding carboxylic acids is 2. The van der Waals surface area contributed by atoms with Crippen molar-refractivity contribution in [3.8, 4) is 22.4 Å². The number of piperazine rings is 1. The van der Waals surface area contributed by atoms with Gasteiger partial charge in [0.1, 0.15) is 5.65 Å². The molecular weight excluding hydrogens is 498 g/mol. The Kier molecular flexibility index (Phi) is 6.16. The summed E-state index contributed by atoms with van der Waals surface area (Å²) in [6.07, 6.45) is 3.88. The second kappa shape index (κ2) is 9.65. The van der Waals surface area contributed by atoms with Crippen LogP contribution in [0.5, 0.6) is 0 Å². The van der Waals surface area contributed by atoms with Crippen molar-refractivity contribution in [2.75, 3.05) is 42.5 Å². The number of halogens is 1. The Balaban J connectivity index is 1.41. The Labute approximate surface area is 226 Å². The number of aromatic nitrogens is 2. The minimum Gasteiger partial charge on any atom is -0.368 e. The molecule has 0 aliphatic carbocycles. The monoisotopic (exact) mass is 525 g/mol. The molecular formula is C30H28ClN5O2. The SMILES string of the molecule is C=CC(=O)N1CCc2ccc(-c3c(-c4ccc(N5CCN(C(C)=O)CC5)cc4)[nH]c4nccc(Cl)c34)cc21. The topological polar surface area (TPSA) is 72.5 Å². The number of H-pyrrole nitrogens is 1. The molecule has 7 nitrogen and oxygen atoms in total. The fourth-order valence-corrected chi connectivity index (χ4v) is 5.81. The standard InChI is InChI=1S/C30H28ClN5O2/c1-3-26(38)36-13-11-20-4-5-22(18-25(20)36)27-28-24(31)10-12-32-30(28)33-29(27)21-6-8-23(9-7-21)35-16-14-34(15-17-35)19(2)37/h3-10,12,18H,1,11,13-17H2,2H3,(H,32,33). The van der Waals surface area contributed by atoms with Crippen LogP contribution in [-0.4, -0.2) is 59.4 Å². The van der Waals surface area contributed by atoms with Gasteiger partial charge in [0, 0.05) is 68.2 Å². The fourth-order valence-electron chi connectivity index (χ4n) is 5.57. The maximum absolute atomic E-state index is 12.5. The van der Waals surface area contributed by atoms with Crippen molar-refractivity contribution in [3.63, 3.8) is 0 Å². The number of carbonyl (C=O) groups is 2. The number of aromatic amines is 1. The highest BCUT2D eigenvalue weighted by molar-refractivity contribution is 6.36. The molecule has 2 aliphatic rings. The van der Waals surface area contributed by atoms with Gasteiger partial charge in [0.15, 0.2) is 0 Å². The maximum atomic E-state index is 12.5. The number of hydrogen-bond acceptors (Lipinski definition) is 4. The molecule has 0 bridgehead atoms. The molecule has 0 unspecified atom stereocenters. The van der Waals surface area contributed by atoms with Gasteiger partial charge in [-0.05, 0) is 53.5 Å². The van der Waals surface area contributed by atoms with Gasteiger partial charge in [-0.15, -0.1) is 0 Å². The zero-order valence-electron chi connectivity index (χ0n) is 21.2. The molecule has 1 fully saturated rings. The smallest absolute Gasteiger partial charge is 0.250 e. The summed E-state index contributed by atoms with van der Waals surface area (Å²) >= 11 is 6.72. The van der Waals surface area contributed by atoms with Gasteiger partial charge in [-0.3, -0.25) is 9.59 Å². The molecule has 4 aromatic rings. The number of rotatable bonds is 4. The van der Waals surface area contributed by atoms with E-state index < -0.39 is 0 Å². The summed E-state index contributed by atoms with van der Waals surface area (Å²) in [5.41, 5.74) is 7.76. The molecule has 1 N–H and O–H groups in total. The maximum Gasteiger partial charge on any atom is 0.250 e. The van der Waals surface area contributed by atoms with E-state index in [0.29, 0.717) is 17.2 Å². The molecule has 38 heavy (non-hydrogen) atoms. The molecule has 0 atom stereocenters. The van der Waals surface area contributed by atoms with Gasteiger partial charge < -0.3 is 19.7 Å².